The summed E-state index contributed by atoms with van der Waals surface area (Å²) in [5.41, 5.74) is 5.16. The number of unbranched alkanes of at least 4 members (excludes halogenated alkanes) is 2. The normalized spacial score (nSPS) is 10.3. The Bertz CT molecular complexity index is 387. The molecule has 0 aliphatic rings. The van der Waals surface area contributed by atoms with Crippen LogP contribution in [0.2, 0.25) is 0 Å². The number of hydrogen-bond acceptors (Lipinski definition) is 4. The summed E-state index contributed by atoms with van der Waals surface area (Å²) < 4.78 is 1.32. The van der Waals surface area contributed by atoms with Crippen molar-refractivity contribution in [2.24, 2.45) is 5.73 Å². The largest absolute Gasteiger partial charge is 0.330 e. The number of rotatable bonds is 7. The molecule has 0 spiro atoms. The first-order chi connectivity index (χ1) is 7.74. The highest BCUT2D eigenvalue weighted by molar-refractivity contribution is 5.78. The van der Waals surface area contributed by atoms with Crippen molar-refractivity contribution in [2.75, 3.05) is 6.54 Å². The van der Waals surface area contributed by atoms with Gasteiger partial charge in [0.15, 0.2) is 5.78 Å². The van der Waals surface area contributed by atoms with Crippen molar-refractivity contribution in [1.29, 1.82) is 0 Å². The number of Topliss-reactive ketones (excluding diaryl/α,β-unsaturated/α-hetero) is 1. The lowest BCUT2D eigenvalue weighted by atomic mass is 10.1. The average Bonchev–Trinajstić information content (AvgIpc) is 2.28. The van der Waals surface area contributed by atoms with Gasteiger partial charge in [0.25, 0.3) is 5.56 Å². The number of nitrogens with zero attached hydrogens (tertiary/aromatic N) is 2. The van der Waals surface area contributed by atoms with E-state index in [4.69, 9.17) is 5.73 Å². The molecule has 0 aromatic carbocycles. The summed E-state index contributed by atoms with van der Waals surface area (Å²) in [6.45, 7) is 0.783. The first-order valence-electron chi connectivity index (χ1n) is 5.46. The van der Waals surface area contributed by atoms with Crippen LogP contribution < -0.4 is 11.3 Å². The fourth-order valence-electron chi connectivity index (χ4n) is 1.41. The highest BCUT2D eigenvalue weighted by Gasteiger charge is 2.03. The molecular formula is C11H17N3O2. The number of ketones is 1. The Kier molecular flexibility index (Phi) is 5.42. The molecule has 0 atom stereocenters. The van der Waals surface area contributed by atoms with Gasteiger partial charge in [0.1, 0.15) is 0 Å². The van der Waals surface area contributed by atoms with E-state index in [-0.39, 0.29) is 17.9 Å². The molecule has 5 nitrogen and oxygen atoms in total. The molecule has 0 bridgehead atoms. The molecule has 0 fully saturated rings. The van der Waals surface area contributed by atoms with Gasteiger partial charge in [-0.3, -0.25) is 14.2 Å². The van der Waals surface area contributed by atoms with Crippen LogP contribution in [-0.4, -0.2) is 21.9 Å². The van der Waals surface area contributed by atoms with Crippen molar-refractivity contribution < 1.29 is 4.79 Å². The Morgan fingerprint density at radius 1 is 1.38 bits per heavy atom. The highest BCUT2D eigenvalue weighted by Crippen LogP contribution is 2.00. The summed E-state index contributed by atoms with van der Waals surface area (Å²) >= 11 is 0. The lowest BCUT2D eigenvalue weighted by Crippen LogP contribution is -2.23. The Morgan fingerprint density at radius 3 is 2.88 bits per heavy atom. The van der Waals surface area contributed by atoms with E-state index in [0.29, 0.717) is 13.0 Å². The van der Waals surface area contributed by atoms with E-state index in [9.17, 15) is 9.59 Å². The van der Waals surface area contributed by atoms with E-state index < -0.39 is 0 Å². The first kappa shape index (κ1) is 12.6. The van der Waals surface area contributed by atoms with Crippen molar-refractivity contribution in [3.63, 3.8) is 0 Å². The summed E-state index contributed by atoms with van der Waals surface area (Å²) in [6, 6.07) is 1.35. The Hall–Kier alpha value is -1.49. The summed E-state index contributed by atoms with van der Waals surface area (Å²) in [4.78, 5) is 26.6. The van der Waals surface area contributed by atoms with Gasteiger partial charge in [-0.25, -0.2) is 4.98 Å². The molecule has 16 heavy (non-hydrogen) atoms. The number of hydrogen-bond donors (Lipinski definition) is 1. The van der Waals surface area contributed by atoms with Gasteiger partial charge in [-0.05, 0) is 19.4 Å². The van der Waals surface area contributed by atoms with E-state index in [1.807, 2.05) is 0 Å². The van der Waals surface area contributed by atoms with Gasteiger partial charge >= 0.3 is 0 Å². The molecule has 0 aliphatic carbocycles. The predicted molar refractivity (Wildman–Crippen MR) is 61.0 cm³/mol. The van der Waals surface area contributed by atoms with E-state index >= 15 is 0 Å². The zero-order valence-corrected chi connectivity index (χ0v) is 9.26. The number of nitrogens with two attached hydrogens (primary N) is 1. The molecule has 1 heterocycles. The van der Waals surface area contributed by atoms with Crippen LogP contribution in [0.1, 0.15) is 25.7 Å². The maximum atomic E-state index is 11.5. The van der Waals surface area contributed by atoms with Gasteiger partial charge in [-0.15, -0.1) is 0 Å². The molecule has 0 unspecified atom stereocenters. The summed E-state index contributed by atoms with van der Waals surface area (Å²) in [5.74, 6) is 0.0621. The SMILES string of the molecule is NCCCCCC(=O)Cn1cnccc1=O. The molecule has 0 aliphatic heterocycles. The van der Waals surface area contributed by atoms with Gasteiger partial charge in [0.2, 0.25) is 0 Å². The van der Waals surface area contributed by atoms with Gasteiger partial charge in [-0.2, -0.15) is 0 Å². The Labute approximate surface area is 94.3 Å². The summed E-state index contributed by atoms with van der Waals surface area (Å²) in [5, 5.41) is 0. The maximum absolute atomic E-state index is 11.5. The van der Waals surface area contributed by atoms with Crippen LogP contribution in [0, 0.1) is 0 Å². The average molecular weight is 223 g/mol. The first-order valence-corrected chi connectivity index (χ1v) is 5.46. The molecule has 88 valence electrons. The van der Waals surface area contributed by atoms with Crippen molar-refractivity contribution >= 4 is 5.78 Å². The summed E-state index contributed by atoms with van der Waals surface area (Å²) in [7, 11) is 0. The lowest BCUT2D eigenvalue weighted by Gasteiger charge is -2.03. The van der Waals surface area contributed by atoms with Gasteiger partial charge in [0, 0.05) is 18.7 Å². The number of carbonyl (C=O) groups excluding carboxylic acids is 1. The van der Waals surface area contributed by atoms with E-state index in [2.05, 4.69) is 4.98 Å². The maximum Gasteiger partial charge on any atom is 0.253 e. The molecule has 0 saturated carbocycles. The minimum atomic E-state index is -0.190. The molecular weight excluding hydrogens is 206 g/mol. The van der Waals surface area contributed by atoms with Gasteiger partial charge < -0.3 is 5.73 Å². The second kappa shape index (κ2) is 6.90. The molecule has 1 rings (SSSR count). The number of aromatic nitrogens is 2. The minimum absolute atomic E-state index is 0.0621. The second-order valence-corrected chi connectivity index (χ2v) is 3.68. The zero-order chi connectivity index (χ0) is 11.8. The third-order valence-corrected chi connectivity index (χ3v) is 2.30. The molecule has 5 heteroatoms. The van der Waals surface area contributed by atoms with E-state index in [1.54, 1.807) is 0 Å². The van der Waals surface area contributed by atoms with Crippen molar-refractivity contribution in [1.82, 2.24) is 9.55 Å². The van der Waals surface area contributed by atoms with Crippen molar-refractivity contribution in [3.8, 4) is 0 Å². The zero-order valence-electron chi connectivity index (χ0n) is 9.26. The molecule has 1 aromatic rings. The highest BCUT2D eigenvalue weighted by atomic mass is 16.1. The minimum Gasteiger partial charge on any atom is -0.330 e. The van der Waals surface area contributed by atoms with Gasteiger partial charge in [0.05, 0.1) is 12.9 Å². The topological polar surface area (TPSA) is 78.0 Å². The van der Waals surface area contributed by atoms with Crippen LogP contribution in [0.15, 0.2) is 23.4 Å². The van der Waals surface area contributed by atoms with E-state index in [1.165, 1.54) is 23.2 Å². The smallest absolute Gasteiger partial charge is 0.253 e. The quantitative estimate of drug-likeness (QED) is 0.676. The van der Waals surface area contributed by atoms with E-state index in [0.717, 1.165) is 19.3 Å². The van der Waals surface area contributed by atoms with Crippen LogP contribution in [0.3, 0.4) is 0 Å². The lowest BCUT2D eigenvalue weighted by molar-refractivity contribution is -0.119. The summed E-state index contributed by atoms with van der Waals surface area (Å²) in [6.07, 6.45) is 6.06. The third kappa shape index (κ3) is 4.35. The van der Waals surface area contributed by atoms with Crippen molar-refractivity contribution in [2.45, 2.75) is 32.2 Å². The van der Waals surface area contributed by atoms with Crippen LogP contribution in [0.4, 0.5) is 0 Å². The van der Waals surface area contributed by atoms with Crippen LogP contribution in [0.5, 0.6) is 0 Å². The third-order valence-electron chi connectivity index (χ3n) is 2.30. The Balaban J connectivity index is 2.35. The molecule has 0 amide bonds. The molecule has 2 N–H and O–H groups in total. The van der Waals surface area contributed by atoms with Crippen LogP contribution in [0.25, 0.3) is 0 Å². The molecule has 0 saturated heterocycles. The monoisotopic (exact) mass is 223 g/mol. The van der Waals surface area contributed by atoms with Crippen LogP contribution in [-0.2, 0) is 11.3 Å². The van der Waals surface area contributed by atoms with Gasteiger partial charge in [-0.1, -0.05) is 6.42 Å². The van der Waals surface area contributed by atoms with Crippen molar-refractivity contribution in [3.05, 3.63) is 28.9 Å². The fourth-order valence-corrected chi connectivity index (χ4v) is 1.41. The fraction of sp³-hybridized carbons (Fsp3) is 0.545. The van der Waals surface area contributed by atoms with Crippen LogP contribution >= 0.6 is 0 Å². The standard InChI is InChI=1S/C11H17N3O2/c12-6-3-1-2-4-10(15)8-14-9-13-7-5-11(14)16/h5,7,9H,1-4,6,8,12H2. The number of carbonyl (C=O) groups is 1. The molecule has 1 aromatic heterocycles. The Morgan fingerprint density at radius 2 is 2.19 bits per heavy atom. The second-order valence-electron chi connectivity index (χ2n) is 3.68. The predicted octanol–water partition coefficient (Wildman–Crippen LogP) is 0.331. The molecule has 0 radical (unpaired) electrons.